The Balaban J connectivity index is 0.000000206. The summed E-state index contributed by atoms with van der Waals surface area (Å²) in [5.41, 5.74) is 1.49. The minimum Gasteiger partial charge on any atom is -0.364 e. The maximum Gasteiger partial charge on any atom is 0.281 e. The van der Waals surface area contributed by atoms with Crippen LogP contribution in [0.2, 0.25) is 10.0 Å². The number of nitrogens with zero attached hydrogens (tertiary/aromatic N) is 6. The summed E-state index contributed by atoms with van der Waals surface area (Å²) < 4.78 is 56.6. The summed E-state index contributed by atoms with van der Waals surface area (Å²) in [7, 11) is -8.48. The highest BCUT2D eigenvalue weighted by molar-refractivity contribution is 7.90. The molecule has 2 aromatic carbocycles. The number of benzene rings is 2. The Morgan fingerprint density at radius 3 is 1.59 bits per heavy atom. The number of pyridine rings is 4. The van der Waals surface area contributed by atoms with Crippen molar-refractivity contribution in [2.75, 3.05) is 33.5 Å². The summed E-state index contributed by atoms with van der Waals surface area (Å²) in [6.07, 6.45) is 5.10. The molecule has 6 aromatic rings. The van der Waals surface area contributed by atoms with Crippen molar-refractivity contribution in [1.29, 1.82) is 0 Å². The smallest absolute Gasteiger partial charge is 0.281 e. The fourth-order valence-corrected chi connectivity index (χ4v) is 11.2. The minimum absolute atomic E-state index is 0.0830. The summed E-state index contributed by atoms with van der Waals surface area (Å²) in [6.45, 7) is 16.1. The number of hydrogen-bond donors (Lipinski definition) is 4. The SMILES string of the molecule is CC1CN(c2ncccc2C(=O)NS(=O)(=O)c2cccc(NC(C)c3ccccc3)n2)C(C)(C)C1.CC1CN(c2ncccc2C(=O)NS(=O)(=O)c2cccc(Nc3cccc(Cl)c3Cl)n2)C(C)(C)C1. The monoisotopic (exact) mass is 1030 g/mol. The molecule has 2 aliphatic heterocycles. The highest BCUT2D eigenvalue weighted by Crippen LogP contribution is 2.39. The number of rotatable bonds is 13. The van der Waals surface area contributed by atoms with Crippen LogP contribution >= 0.6 is 23.2 Å². The Kier molecular flexibility index (Phi) is 15.4. The zero-order valence-corrected chi connectivity index (χ0v) is 43.0. The van der Waals surface area contributed by atoms with Crippen molar-refractivity contribution in [2.24, 2.45) is 11.8 Å². The van der Waals surface area contributed by atoms with Crippen molar-refractivity contribution in [2.45, 2.75) is 88.5 Å². The molecule has 2 amide bonds. The van der Waals surface area contributed by atoms with E-state index in [-0.39, 0.29) is 49.1 Å². The van der Waals surface area contributed by atoms with Gasteiger partial charge in [-0.3, -0.25) is 9.59 Å². The lowest BCUT2D eigenvalue weighted by Crippen LogP contribution is -2.41. The molecule has 8 rings (SSSR count). The van der Waals surface area contributed by atoms with E-state index in [0.717, 1.165) is 31.5 Å². The molecular formula is C50H56Cl2N10O6S2. The normalized spacial score (nSPS) is 17.7. The van der Waals surface area contributed by atoms with E-state index in [1.807, 2.05) is 37.3 Å². The second-order valence-electron chi connectivity index (χ2n) is 18.8. The van der Waals surface area contributed by atoms with Gasteiger partial charge in [0.15, 0.2) is 10.1 Å². The lowest BCUT2D eigenvalue weighted by atomic mass is 9.97. The van der Waals surface area contributed by atoms with Crippen LogP contribution in [0.15, 0.2) is 132 Å². The van der Waals surface area contributed by atoms with Crippen molar-refractivity contribution >= 4 is 84.0 Å². The first-order valence-electron chi connectivity index (χ1n) is 22.6. The van der Waals surface area contributed by atoms with Crippen molar-refractivity contribution < 1.29 is 26.4 Å². The first-order chi connectivity index (χ1) is 33.0. The average molecular weight is 1030 g/mol. The van der Waals surface area contributed by atoms with Gasteiger partial charge in [-0.2, -0.15) is 16.8 Å². The van der Waals surface area contributed by atoms with Gasteiger partial charge in [-0.15, -0.1) is 0 Å². The third-order valence-corrected chi connectivity index (χ3v) is 15.3. The zero-order chi connectivity index (χ0) is 50.6. The van der Waals surface area contributed by atoms with Gasteiger partial charge >= 0.3 is 0 Å². The predicted octanol–water partition coefficient (Wildman–Crippen LogP) is 9.66. The van der Waals surface area contributed by atoms with E-state index in [9.17, 15) is 26.4 Å². The molecule has 0 aliphatic carbocycles. The predicted molar refractivity (Wildman–Crippen MR) is 275 cm³/mol. The fourth-order valence-electron chi connectivity index (χ4n) is 9.02. The highest BCUT2D eigenvalue weighted by atomic mass is 35.5. The topological polar surface area (TPSA) is 209 Å². The first kappa shape index (κ1) is 51.5. The van der Waals surface area contributed by atoms with Gasteiger partial charge in [-0.25, -0.2) is 29.4 Å². The van der Waals surface area contributed by atoms with Crippen molar-refractivity contribution in [3.05, 3.63) is 148 Å². The van der Waals surface area contributed by atoms with Gasteiger partial charge < -0.3 is 20.4 Å². The lowest BCUT2D eigenvalue weighted by Gasteiger charge is -2.33. The standard InChI is InChI=1S/C26H31N5O3S.C24H25Cl2N5O3S/c1-18-16-26(3,4)31(17-18)24-21(12-9-15-27-24)25(32)30-35(33,34)23-14-8-13-22(29-23)28-19(2)20-10-6-5-7-11-20;1-15-13-24(2,3)31(14-15)22-16(7-6-12-27-22)23(32)30-35(33,34)20-11-5-10-19(29-20)28-18-9-4-8-17(25)21(18)26/h5-15,18-19H,16-17H2,1-4H3,(H,28,29)(H,30,32);4-12,15H,13-14H2,1-3H3,(H,28,29)(H,30,32). The van der Waals surface area contributed by atoms with Gasteiger partial charge in [0.2, 0.25) is 0 Å². The van der Waals surface area contributed by atoms with E-state index >= 15 is 0 Å². The largest absolute Gasteiger partial charge is 0.364 e. The number of carbonyl (C=O) groups excluding carboxylic acids is 2. The van der Waals surface area contributed by atoms with E-state index in [1.165, 1.54) is 18.2 Å². The molecule has 368 valence electrons. The second-order valence-corrected chi connectivity index (χ2v) is 22.9. The second kappa shape index (κ2) is 20.9. The van der Waals surface area contributed by atoms with Crippen LogP contribution in [0.1, 0.15) is 93.6 Å². The Bertz CT molecular complexity index is 3110. The maximum absolute atomic E-state index is 13.2. The summed E-state index contributed by atoms with van der Waals surface area (Å²) in [5.74, 6) is 0.889. The first-order valence-corrected chi connectivity index (χ1v) is 26.3. The molecule has 0 saturated carbocycles. The van der Waals surface area contributed by atoms with Crippen LogP contribution in [0, 0.1) is 11.8 Å². The van der Waals surface area contributed by atoms with Crippen LogP contribution in [0.25, 0.3) is 0 Å². The van der Waals surface area contributed by atoms with E-state index in [2.05, 4.69) is 91.4 Å². The Labute approximate surface area is 419 Å². The molecule has 0 radical (unpaired) electrons. The van der Waals surface area contributed by atoms with Crippen LogP contribution in [0.3, 0.4) is 0 Å². The number of hydrogen-bond acceptors (Lipinski definition) is 14. The summed E-state index contributed by atoms with van der Waals surface area (Å²) in [4.78, 5) is 47.7. The van der Waals surface area contributed by atoms with Gasteiger partial charge in [-0.05, 0) is 126 Å². The quantitative estimate of drug-likeness (QED) is 0.0850. The van der Waals surface area contributed by atoms with Crippen LogP contribution in [-0.2, 0) is 20.0 Å². The molecule has 3 atom stereocenters. The molecule has 16 nitrogen and oxygen atoms in total. The van der Waals surface area contributed by atoms with Crippen LogP contribution in [-0.4, -0.2) is 72.8 Å². The Morgan fingerprint density at radius 1 is 0.629 bits per heavy atom. The number of anilines is 5. The maximum atomic E-state index is 13.2. The summed E-state index contributed by atoms with van der Waals surface area (Å²) in [5, 5.41) is 6.22. The number of nitrogens with one attached hydrogen (secondary N) is 4. The van der Waals surface area contributed by atoms with Gasteiger partial charge in [-0.1, -0.05) is 85.6 Å². The van der Waals surface area contributed by atoms with Crippen LogP contribution in [0.5, 0.6) is 0 Å². The number of halogens is 2. The van der Waals surface area contributed by atoms with E-state index in [1.54, 1.807) is 73.1 Å². The molecule has 2 saturated heterocycles. The summed E-state index contributed by atoms with van der Waals surface area (Å²) in [6, 6.07) is 30.1. The Morgan fingerprint density at radius 2 is 1.10 bits per heavy atom. The molecule has 3 unspecified atom stereocenters. The fraction of sp³-hybridized carbons (Fsp3) is 0.320. The van der Waals surface area contributed by atoms with E-state index in [4.69, 9.17) is 23.2 Å². The number of carbonyl (C=O) groups is 2. The van der Waals surface area contributed by atoms with E-state index in [0.29, 0.717) is 40.0 Å². The molecule has 2 aliphatic rings. The zero-order valence-electron chi connectivity index (χ0n) is 39.8. The molecular weight excluding hydrogens is 972 g/mol. The lowest BCUT2D eigenvalue weighted by molar-refractivity contribution is 0.0972. The van der Waals surface area contributed by atoms with Gasteiger partial charge in [0.1, 0.15) is 23.3 Å². The van der Waals surface area contributed by atoms with Gasteiger partial charge in [0, 0.05) is 42.6 Å². The molecule has 0 bridgehead atoms. The Hall–Kier alpha value is -6.34. The number of amides is 2. The molecule has 0 spiro atoms. The third kappa shape index (κ3) is 12.0. The van der Waals surface area contributed by atoms with Gasteiger partial charge in [0.05, 0.1) is 26.9 Å². The number of sulfonamides is 2. The molecule has 2 fully saturated rings. The van der Waals surface area contributed by atoms with Gasteiger partial charge in [0.25, 0.3) is 31.9 Å². The van der Waals surface area contributed by atoms with Crippen molar-refractivity contribution in [3.8, 4) is 0 Å². The molecule has 4 aromatic heterocycles. The van der Waals surface area contributed by atoms with Crippen LogP contribution < -0.4 is 29.9 Å². The van der Waals surface area contributed by atoms with Crippen molar-refractivity contribution in [1.82, 2.24) is 29.4 Å². The minimum atomic E-state index is -4.28. The number of aromatic nitrogens is 4. The molecule has 6 heterocycles. The molecule has 20 heteroatoms. The summed E-state index contributed by atoms with van der Waals surface area (Å²) >= 11 is 12.2. The third-order valence-electron chi connectivity index (χ3n) is 12.0. The highest BCUT2D eigenvalue weighted by Gasteiger charge is 2.40. The van der Waals surface area contributed by atoms with Crippen LogP contribution in [0.4, 0.5) is 29.0 Å². The van der Waals surface area contributed by atoms with Crippen molar-refractivity contribution in [3.63, 3.8) is 0 Å². The molecule has 4 N–H and O–H groups in total. The molecule has 70 heavy (non-hydrogen) atoms. The average Bonchev–Trinajstić information content (AvgIpc) is 3.77. The van der Waals surface area contributed by atoms with E-state index < -0.39 is 31.9 Å².